The summed E-state index contributed by atoms with van der Waals surface area (Å²) < 4.78 is 0. The minimum Gasteiger partial charge on any atom is -0.366 e. The lowest BCUT2D eigenvalue weighted by atomic mass is 9.94. The van der Waals surface area contributed by atoms with Gasteiger partial charge in [-0.3, -0.25) is 4.79 Å². The van der Waals surface area contributed by atoms with Gasteiger partial charge in [0.25, 0.3) is 0 Å². The summed E-state index contributed by atoms with van der Waals surface area (Å²) in [4.78, 5) is 11.9. The van der Waals surface area contributed by atoms with E-state index in [0.717, 1.165) is 29.2 Å². The van der Waals surface area contributed by atoms with Gasteiger partial charge in [0.1, 0.15) is 0 Å². The molecule has 2 aromatic rings. The number of rotatable bonds is 12. The molecule has 0 aliphatic rings. The molecule has 1 amide bonds. The number of primary amides is 1. The first-order valence-corrected chi connectivity index (χ1v) is 10.0. The maximum atomic E-state index is 11.9. The van der Waals surface area contributed by atoms with Gasteiger partial charge < -0.3 is 5.73 Å². The fourth-order valence-electron chi connectivity index (χ4n) is 3.62. The van der Waals surface area contributed by atoms with Crippen molar-refractivity contribution in [2.75, 3.05) is 0 Å². The van der Waals surface area contributed by atoms with Crippen LogP contribution in [-0.2, 0) is 6.42 Å². The topological polar surface area (TPSA) is 43.1 Å². The summed E-state index contributed by atoms with van der Waals surface area (Å²) in [5.74, 6) is -0.307. The van der Waals surface area contributed by atoms with Gasteiger partial charge in [0.15, 0.2) is 0 Å². The summed E-state index contributed by atoms with van der Waals surface area (Å²) >= 11 is 0. The molecule has 0 saturated carbocycles. The van der Waals surface area contributed by atoms with Gasteiger partial charge in [-0.1, -0.05) is 101 Å². The molecule has 2 nitrogen and oxygen atoms in total. The second kappa shape index (κ2) is 10.9. The number of carbonyl (C=O) groups is 1. The van der Waals surface area contributed by atoms with Crippen molar-refractivity contribution < 1.29 is 4.79 Å². The van der Waals surface area contributed by atoms with E-state index in [1.807, 2.05) is 24.3 Å². The Morgan fingerprint density at radius 2 is 1.40 bits per heavy atom. The number of hydrogen-bond acceptors (Lipinski definition) is 1. The van der Waals surface area contributed by atoms with Crippen LogP contribution in [0.1, 0.15) is 87.1 Å². The number of fused-ring (bicyclic) bond motifs is 1. The van der Waals surface area contributed by atoms with Crippen molar-refractivity contribution in [3.05, 3.63) is 47.5 Å². The van der Waals surface area contributed by atoms with E-state index in [2.05, 4.69) is 19.1 Å². The van der Waals surface area contributed by atoms with E-state index in [1.165, 1.54) is 57.8 Å². The van der Waals surface area contributed by atoms with Gasteiger partial charge in [-0.05, 0) is 29.2 Å². The molecule has 2 N–H and O–H groups in total. The van der Waals surface area contributed by atoms with Crippen molar-refractivity contribution in [2.24, 2.45) is 5.73 Å². The maximum absolute atomic E-state index is 11.9. The predicted molar refractivity (Wildman–Crippen MR) is 108 cm³/mol. The van der Waals surface area contributed by atoms with E-state index < -0.39 is 0 Å². The van der Waals surface area contributed by atoms with Gasteiger partial charge in [0.2, 0.25) is 5.91 Å². The first-order valence-electron chi connectivity index (χ1n) is 10.0. The summed E-state index contributed by atoms with van der Waals surface area (Å²) in [5, 5.41) is 2.07. The minimum absolute atomic E-state index is 0.307. The lowest BCUT2D eigenvalue weighted by Crippen LogP contribution is -2.14. The lowest BCUT2D eigenvalue weighted by molar-refractivity contribution is 0.100. The Kier molecular flexibility index (Phi) is 8.51. The van der Waals surface area contributed by atoms with Crippen molar-refractivity contribution >= 4 is 16.7 Å². The number of nitrogens with two attached hydrogens (primary N) is 1. The van der Waals surface area contributed by atoms with Gasteiger partial charge in [0, 0.05) is 0 Å². The summed E-state index contributed by atoms with van der Waals surface area (Å²) in [7, 11) is 0. The van der Waals surface area contributed by atoms with Gasteiger partial charge in [-0.15, -0.1) is 0 Å². The number of amides is 1. The zero-order valence-corrected chi connectivity index (χ0v) is 15.7. The van der Waals surface area contributed by atoms with Crippen LogP contribution in [0.4, 0.5) is 0 Å². The summed E-state index contributed by atoms with van der Waals surface area (Å²) in [5.41, 5.74) is 7.48. The van der Waals surface area contributed by atoms with E-state index in [1.54, 1.807) is 0 Å². The first kappa shape index (κ1) is 19.5. The van der Waals surface area contributed by atoms with Gasteiger partial charge in [-0.2, -0.15) is 0 Å². The fraction of sp³-hybridized carbons (Fsp3) is 0.522. The van der Waals surface area contributed by atoms with Crippen LogP contribution in [0.25, 0.3) is 10.8 Å². The number of carbonyl (C=O) groups excluding carboxylic acids is 1. The zero-order valence-electron chi connectivity index (χ0n) is 15.7. The molecular formula is C23H33NO. The zero-order chi connectivity index (χ0) is 17.9. The quantitative estimate of drug-likeness (QED) is 0.446. The molecule has 0 aliphatic carbocycles. The first-order chi connectivity index (χ1) is 12.2. The van der Waals surface area contributed by atoms with Crippen molar-refractivity contribution in [1.29, 1.82) is 0 Å². The third-order valence-electron chi connectivity index (χ3n) is 5.06. The van der Waals surface area contributed by atoms with E-state index in [0.29, 0.717) is 5.56 Å². The number of unbranched alkanes of at least 4 members (excludes halogenated alkanes) is 9. The van der Waals surface area contributed by atoms with Crippen LogP contribution in [-0.4, -0.2) is 5.91 Å². The van der Waals surface area contributed by atoms with Crippen molar-refractivity contribution in [2.45, 2.75) is 77.6 Å². The van der Waals surface area contributed by atoms with E-state index >= 15 is 0 Å². The third kappa shape index (κ3) is 6.19. The lowest BCUT2D eigenvalue weighted by Gasteiger charge is -2.10. The maximum Gasteiger partial charge on any atom is 0.249 e. The Bertz CT molecular complexity index is 662. The van der Waals surface area contributed by atoms with Crippen LogP contribution in [0.2, 0.25) is 0 Å². The predicted octanol–water partition coefficient (Wildman–Crippen LogP) is 6.40. The molecule has 2 aromatic carbocycles. The average Bonchev–Trinajstić information content (AvgIpc) is 2.62. The van der Waals surface area contributed by atoms with Crippen molar-refractivity contribution in [3.8, 4) is 0 Å². The summed E-state index contributed by atoms with van der Waals surface area (Å²) in [6, 6.07) is 12.2. The Morgan fingerprint density at radius 3 is 2.04 bits per heavy atom. The monoisotopic (exact) mass is 339 g/mol. The molecule has 2 heteroatoms. The van der Waals surface area contributed by atoms with Crippen LogP contribution in [0.15, 0.2) is 36.4 Å². The van der Waals surface area contributed by atoms with Crippen LogP contribution in [0, 0.1) is 0 Å². The molecule has 25 heavy (non-hydrogen) atoms. The van der Waals surface area contributed by atoms with Gasteiger partial charge in [0.05, 0.1) is 5.56 Å². The smallest absolute Gasteiger partial charge is 0.249 e. The highest BCUT2D eigenvalue weighted by atomic mass is 16.1. The molecule has 0 atom stereocenters. The van der Waals surface area contributed by atoms with Crippen LogP contribution >= 0.6 is 0 Å². The normalized spacial score (nSPS) is 11.1. The second-order valence-electron chi connectivity index (χ2n) is 7.12. The molecule has 0 heterocycles. The molecule has 0 radical (unpaired) electrons. The Balaban J connectivity index is 1.76. The number of benzene rings is 2. The molecule has 0 unspecified atom stereocenters. The number of aryl methyl sites for hydroxylation is 1. The molecule has 136 valence electrons. The highest BCUT2D eigenvalue weighted by Crippen LogP contribution is 2.24. The van der Waals surface area contributed by atoms with Crippen molar-refractivity contribution in [1.82, 2.24) is 0 Å². The van der Waals surface area contributed by atoms with Crippen molar-refractivity contribution in [3.63, 3.8) is 0 Å². The Morgan fingerprint density at radius 1 is 0.800 bits per heavy atom. The fourth-order valence-corrected chi connectivity index (χ4v) is 3.62. The van der Waals surface area contributed by atoms with Gasteiger partial charge in [-0.25, -0.2) is 0 Å². The summed E-state index contributed by atoms with van der Waals surface area (Å²) in [6.07, 6.45) is 14.2. The van der Waals surface area contributed by atoms with Crippen LogP contribution in [0.5, 0.6) is 0 Å². The minimum atomic E-state index is -0.307. The molecule has 2 rings (SSSR count). The largest absolute Gasteiger partial charge is 0.366 e. The molecule has 0 spiro atoms. The molecule has 0 saturated heterocycles. The molecule has 0 fully saturated rings. The van der Waals surface area contributed by atoms with Crippen LogP contribution < -0.4 is 5.73 Å². The van der Waals surface area contributed by atoms with Gasteiger partial charge >= 0.3 is 0 Å². The van der Waals surface area contributed by atoms with E-state index in [-0.39, 0.29) is 5.91 Å². The second-order valence-corrected chi connectivity index (χ2v) is 7.12. The van der Waals surface area contributed by atoms with E-state index in [4.69, 9.17) is 5.73 Å². The third-order valence-corrected chi connectivity index (χ3v) is 5.06. The molecular weight excluding hydrogens is 306 g/mol. The standard InChI is InChI=1S/C23H33NO/c1-2-3-4-5-6-7-8-9-10-11-15-20-18-17-19-14-12-13-16-21(19)22(20)23(24)25/h12-14,16-18H,2-11,15H2,1H3,(H2,24,25). The van der Waals surface area contributed by atoms with Crippen LogP contribution in [0.3, 0.4) is 0 Å². The van der Waals surface area contributed by atoms with E-state index in [9.17, 15) is 4.79 Å². The number of hydrogen-bond donors (Lipinski definition) is 1. The Hall–Kier alpha value is -1.83. The summed E-state index contributed by atoms with van der Waals surface area (Å²) in [6.45, 7) is 2.26. The average molecular weight is 340 g/mol. The SMILES string of the molecule is CCCCCCCCCCCCc1ccc2ccccc2c1C(N)=O. The highest BCUT2D eigenvalue weighted by molar-refractivity contribution is 6.07. The molecule has 0 bridgehead atoms. The molecule has 0 aromatic heterocycles. The molecule has 0 aliphatic heterocycles. The Labute approximate surface area is 152 Å². The highest BCUT2D eigenvalue weighted by Gasteiger charge is 2.12.